The second kappa shape index (κ2) is 5.69. The molecule has 94 valence electrons. The van der Waals surface area contributed by atoms with Crippen molar-refractivity contribution in [3.63, 3.8) is 0 Å². The Bertz CT molecular complexity index is 506. The third kappa shape index (κ3) is 3.01. The average Bonchev–Trinajstić information content (AvgIpc) is 2.64. The van der Waals surface area contributed by atoms with Crippen molar-refractivity contribution in [1.29, 1.82) is 0 Å². The molecule has 0 bridgehead atoms. The van der Waals surface area contributed by atoms with Crippen LogP contribution in [0.3, 0.4) is 0 Å². The van der Waals surface area contributed by atoms with E-state index in [1.54, 1.807) is 24.3 Å². The maximum absolute atomic E-state index is 11.8. The lowest BCUT2D eigenvalue weighted by Crippen LogP contribution is -2.36. The van der Waals surface area contributed by atoms with E-state index in [2.05, 4.69) is 5.32 Å². The van der Waals surface area contributed by atoms with Crippen molar-refractivity contribution >= 4 is 57.4 Å². The van der Waals surface area contributed by atoms with Crippen LogP contribution in [0, 0.1) is 0 Å². The molecule has 0 unspecified atom stereocenters. The highest BCUT2D eigenvalue weighted by Gasteiger charge is 2.28. The normalized spacial score (nSPS) is 15.1. The Morgan fingerprint density at radius 2 is 2.22 bits per heavy atom. The van der Waals surface area contributed by atoms with Crippen molar-refractivity contribution in [3.05, 3.63) is 29.3 Å². The molecule has 0 aromatic heterocycles. The van der Waals surface area contributed by atoms with Crippen molar-refractivity contribution in [2.75, 3.05) is 17.6 Å². The predicted octanol–water partition coefficient (Wildman–Crippen LogP) is 2.14. The Kier molecular flexibility index (Phi) is 4.21. The number of para-hydroxylation sites is 1. The van der Waals surface area contributed by atoms with E-state index in [0.29, 0.717) is 20.8 Å². The zero-order valence-corrected chi connectivity index (χ0v) is 11.6. The van der Waals surface area contributed by atoms with E-state index in [1.165, 1.54) is 16.7 Å². The molecule has 0 atom stereocenters. The summed E-state index contributed by atoms with van der Waals surface area (Å²) in [5, 5.41) is 3.10. The van der Waals surface area contributed by atoms with Crippen LogP contribution in [-0.4, -0.2) is 33.3 Å². The molecule has 1 heterocycles. The van der Waals surface area contributed by atoms with E-state index in [0.717, 1.165) is 0 Å². The molecular weight excluding hydrogens is 292 g/mol. The third-order valence-electron chi connectivity index (χ3n) is 2.29. The minimum Gasteiger partial charge on any atom is -0.323 e. The van der Waals surface area contributed by atoms with E-state index in [4.69, 9.17) is 23.8 Å². The highest BCUT2D eigenvalue weighted by atomic mass is 35.5. The van der Waals surface area contributed by atoms with E-state index in [-0.39, 0.29) is 18.4 Å². The topological polar surface area (TPSA) is 49.4 Å². The van der Waals surface area contributed by atoms with Gasteiger partial charge in [0.05, 0.1) is 16.5 Å². The molecule has 7 heteroatoms. The Morgan fingerprint density at radius 3 is 2.83 bits per heavy atom. The average molecular weight is 301 g/mol. The molecular formula is C11H9ClN2O2S2. The van der Waals surface area contributed by atoms with E-state index in [1.807, 2.05) is 0 Å². The number of anilines is 1. The zero-order valence-electron chi connectivity index (χ0n) is 9.18. The Morgan fingerprint density at radius 1 is 1.50 bits per heavy atom. The molecule has 1 aliphatic rings. The van der Waals surface area contributed by atoms with E-state index >= 15 is 0 Å². The monoisotopic (exact) mass is 300 g/mol. The fourth-order valence-electron chi connectivity index (χ4n) is 1.43. The van der Waals surface area contributed by atoms with Crippen LogP contribution >= 0.6 is 35.6 Å². The summed E-state index contributed by atoms with van der Waals surface area (Å²) >= 11 is 12.2. The van der Waals surface area contributed by atoms with Crippen molar-refractivity contribution in [2.24, 2.45) is 0 Å². The lowest BCUT2D eigenvalue weighted by molar-refractivity contribution is -0.127. The van der Waals surface area contributed by atoms with E-state index < -0.39 is 0 Å². The second-order valence-corrected chi connectivity index (χ2v) is 5.58. The molecule has 1 aliphatic heterocycles. The number of rotatable bonds is 3. The van der Waals surface area contributed by atoms with E-state index in [9.17, 15) is 9.59 Å². The lowest BCUT2D eigenvalue weighted by atomic mass is 10.3. The molecule has 18 heavy (non-hydrogen) atoms. The number of hydrogen-bond donors (Lipinski definition) is 1. The summed E-state index contributed by atoms with van der Waals surface area (Å²) in [4.78, 5) is 24.5. The summed E-state index contributed by atoms with van der Waals surface area (Å²) in [6, 6.07) is 6.91. The number of nitrogens with one attached hydrogen (secondary N) is 1. The lowest BCUT2D eigenvalue weighted by Gasteiger charge is -2.14. The predicted molar refractivity (Wildman–Crippen MR) is 76.9 cm³/mol. The smallest absolute Gasteiger partial charge is 0.244 e. The van der Waals surface area contributed by atoms with Crippen LogP contribution in [0.15, 0.2) is 24.3 Å². The summed E-state index contributed by atoms with van der Waals surface area (Å²) < 4.78 is 0.439. The minimum absolute atomic E-state index is 0.0735. The van der Waals surface area contributed by atoms with Crippen LogP contribution in [0.5, 0.6) is 0 Å². The number of halogens is 1. The first-order valence-corrected chi connectivity index (χ1v) is 6.86. The quantitative estimate of drug-likeness (QED) is 0.869. The van der Waals surface area contributed by atoms with Gasteiger partial charge in [-0.1, -0.05) is 47.7 Å². The number of benzene rings is 1. The van der Waals surface area contributed by atoms with Gasteiger partial charge in [0.2, 0.25) is 11.8 Å². The largest absolute Gasteiger partial charge is 0.323 e. The van der Waals surface area contributed by atoms with Gasteiger partial charge in [0, 0.05) is 0 Å². The molecule has 0 spiro atoms. The Labute approximate surface area is 119 Å². The molecule has 2 rings (SSSR count). The highest BCUT2D eigenvalue weighted by Crippen LogP contribution is 2.22. The molecule has 1 N–H and O–H groups in total. The van der Waals surface area contributed by atoms with Gasteiger partial charge in [0.1, 0.15) is 10.9 Å². The summed E-state index contributed by atoms with van der Waals surface area (Å²) in [6.07, 6.45) is 0. The van der Waals surface area contributed by atoms with Gasteiger partial charge in [-0.3, -0.25) is 14.5 Å². The van der Waals surface area contributed by atoms with Crippen LogP contribution in [0.2, 0.25) is 5.02 Å². The molecule has 2 amide bonds. The first-order chi connectivity index (χ1) is 8.58. The first-order valence-electron chi connectivity index (χ1n) is 5.09. The standard InChI is InChI=1S/C11H9ClN2O2S2/c12-7-3-1-2-4-8(7)13-9(15)5-14-10(16)6-18-11(14)17/h1-4H,5-6H2,(H,13,15). The number of hydrogen-bond acceptors (Lipinski definition) is 4. The zero-order chi connectivity index (χ0) is 13.1. The molecule has 1 saturated heterocycles. The van der Waals surface area contributed by atoms with Crippen LogP contribution in [0.25, 0.3) is 0 Å². The van der Waals surface area contributed by atoms with Crippen LogP contribution in [0.4, 0.5) is 5.69 Å². The number of amides is 2. The van der Waals surface area contributed by atoms with Gasteiger partial charge in [0.25, 0.3) is 0 Å². The van der Waals surface area contributed by atoms with Gasteiger partial charge < -0.3 is 5.32 Å². The SMILES string of the molecule is O=C(CN1C(=O)CSC1=S)Nc1ccccc1Cl. The van der Waals surface area contributed by atoms with Crippen molar-refractivity contribution < 1.29 is 9.59 Å². The van der Waals surface area contributed by atoms with Crippen LogP contribution in [-0.2, 0) is 9.59 Å². The Balaban J connectivity index is 1.99. The first kappa shape index (κ1) is 13.3. The third-order valence-corrected chi connectivity index (χ3v) is 4.05. The fourth-order valence-corrected chi connectivity index (χ4v) is 2.68. The molecule has 1 aromatic carbocycles. The van der Waals surface area contributed by atoms with Crippen molar-refractivity contribution in [3.8, 4) is 0 Å². The summed E-state index contributed by atoms with van der Waals surface area (Å²) in [5.74, 6) is -0.154. The number of thiocarbonyl (C=S) groups is 1. The fraction of sp³-hybridized carbons (Fsp3) is 0.182. The molecule has 1 fully saturated rings. The summed E-state index contributed by atoms with van der Waals surface area (Å²) in [5.41, 5.74) is 0.523. The van der Waals surface area contributed by atoms with Crippen LogP contribution < -0.4 is 5.32 Å². The van der Waals surface area contributed by atoms with Crippen LogP contribution in [0.1, 0.15) is 0 Å². The van der Waals surface area contributed by atoms with Crippen molar-refractivity contribution in [2.45, 2.75) is 0 Å². The van der Waals surface area contributed by atoms with Gasteiger partial charge in [-0.2, -0.15) is 0 Å². The Hall–Kier alpha value is -1.11. The molecule has 0 radical (unpaired) electrons. The molecule has 0 saturated carbocycles. The number of nitrogens with zero attached hydrogens (tertiary/aromatic N) is 1. The highest BCUT2D eigenvalue weighted by molar-refractivity contribution is 8.23. The second-order valence-electron chi connectivity index (χ2n) is 3.56. The summed E-state index contributed by atoms with van der Waals surface area (Å²) in [6.45, 7) is -0.0735. The van der Waals surface area contributed by atoms with Gasteiger partial charge in [-0.25, -0.2) is 0 Å². The van der Waals surface area contributed by atoms with Gasteiger partial charge >= 0.3 is 0 Å². The van der Waals surface area contributed by atoms with Gasteiger partial charge in [-0.05, 0) is 12.1 Å². The molecule has 0 aliphatic carbocycles. The summed E-state index contributed by atoms with van der Waals surface area (Å²) in [7, 11) is 0. The number of carbonyl (C=O) groups excluding carboxylic acids is 2. The van der Waals surface area contributed by atoms with Crippen molar-refractivity contribution in [1.82, 2.24) is 4.90 Å². The maximum atomic E-state index is 11.8. The minimum atomic E-state index is -0.318. The molecule has 4 nitrogen and oxygen atoms in total. The number of thioether (sulfide) groups is 1. The van der Waals surface area contributed by atoms with Gasteiger partial charge in [-0.15, -0.1) is 0 Å². The number of carbonyl (C=O) groups is 2. The van der Waals surface area contributed by atoms with Gasteiger partial charge in [0.15, 0.2) is 0 Å². The molecule has 1 aromatic rings. The maximum Gasteiger partial charge on any atom is 0.244 e.